The number of esters is 1. The number of hydrogen-bond acceptors (Lipinski definition) is 4. The second-order valence-electron chi connectivity index (χ2n) is 3.89. The van der Waals surface area contributed by atoms with Crippen molar-refractivity contribution in [1.82, 2.24) is 4.98 Å². The molecule has 0 spiro atoms. The average molecular weight is 243 g/mol. The standard InChI is InChI=1S/C14H13NO3/c1-9-7-10(14(17)18-2)8-12(15-9)11-5-3-4-6-13(11)16/h3-8,16H,1-2H3. The van der Waals surface area contributed by atoms with Crippen LogP contribution in [0.1, 0.15) is 16.1 Å². The van der Waals surface area contributed by atoms with Gasteiger partial charge in [-0.25, -0.2) is 4.79 Å². The van der Waals surface area contributed by atoms with Gasteiger partial charge in [0, 0.05) is 11.3 Å². The van der Waals surface area contributed by atoms with Gasteiger partial charge in [-0.3, -0.25) is 4.98 Å². The largest absolute Gasteiger partial charge is 0.507 e. The van der Waals surface area contributed by atoms with Gasteiger partial charge in [0.25, 0.3) is 0 Å². The van der Waals surface area contributed by atoms with Crippen LogP contribution in [0.3, 0.4) is 0 Å². The third-order valence-electron chi connectivity index (χ3n) is 2.55. The normalized spacial score (nSPS) is 10.1. The Bertz CT molecular complexity index is 593. The van der Waals surface area contributed by atoms with Crippen LogP contribution in [0.4, 0.5) is 0 Å². The zero-order valence-corrected chi connectivity index (χ0v) is 10.2. The first-order valence-electron chi connectivity index (χ1n) is 5.47. The maximum Gasteiger partial charge on any atom is 0.337 e. The molecule has 2 aromatic rings. The van der Waals surface area contributed by atoms with E-state index in [4.69, 9.17) is 0 Å². The molecule has 2 rings (SSSR count). The summed E-state index contributed by atoms with van der Waals surface area (Å²) in [5.41, 5.74) is 2.25. The lowest BCUT2D eigenvalue weighted by Gasteiger charge is -2.07. The monoisotopic (exact) mass is 243 g/mol. The predicted molar refractivity (Wildman–Crippen MR) is 67.4 cm³/mol. The van der Waals surface area contributed by atoms with E-state index >= 15 is 0 Å². The summed E-state index contributed by atoms with van der Waals surface area (Å²) in [5.74, 6) is -0.288. The maximum absolute atomic E-state index is 11.5. The summed E-state index contributed by atoms with van der Waals surface area (Å²) in [7, 11) is 1.33. The molecule has 4 heteroatoms. The molecule has 0 saturated heterocycles. The number of rotatable bonds is 2. The van der Waals surface area contributed by atoms with E-state index in [-0.39, 0.29) is 5.75 Å². The predicted octanol–water partition coefficient (Wildman–Crippen LogP) is 2.55. The van der Waals surface area contributed by atoms with E-state index in [1.54, 1.807) is 43.3 Å². The number of hydrogen-bond donors (Lipinski definition) is 1. The topological polar surface area (TPSA) is 59.4 Å². The van der Waals surface area contributed by atoms with Crippen LogP contribution < -0.4 is 0 Å². The molecule has 0 aliphatic carbocycles. The van der Waals surface area contributed by atoms with Gasteiger partial charge in [-0.15, -0.1) is 0 Å². The number of para-hydroxylation sites is 1. The fraction of sp³-hybridized carbons (Fsp3) is 0.143. The zero-order chi connectivity index (χ0) is 13.1. The van der Waals surface area contributed by atoms with Crippen molar-refractivity contribution in [3.8, 4) is 17.0 Å². The van der Waals surface area contributed by atoms with Crippen molar-refractivity contribution in [1.29, 1.82) is 0 Å². The number of pyridine rings is 1. The molecule has 0 bridgehead atoms. The van der Waals surface area contributed by atoms with Crippen LogP contribution >= 0.6 is 0 Å². The van der Waals surface area contributed by atoms with Gasteiger partial charge >= 0.3 is 5.97 Å². The molecule has 0 amide bonds. The first-order chi connectivity index (χ1) is 8.61. The number of phenols is 1. The maximum atomic E-state index is 11.5. The SMILES string of the molecule is COC(=O)c1cc(C)nc(-c2ccccc2O)c1. The highest BCUT2D eigenvalue weighted by atomic mass is 16.5. The lowest BCUT2D eigenvalue weighted by atomic mass is 10.1. The molecule has 92 valence electrons. The summed E-state index contributed by atoms with van der Waals surface area (Å²) in [5, 5.41) is 9.79. The molecule has 0 saturated carbocycles. The van der Waals surface area contributed by atoms with Gasteiger partial charge in [-0.1, -0.05) is 12.1 Å². The molecular weight excluding hydrogens is 230 g/mol. The van der Waals surface area contributed by atoms with E-state index in [2.05, 4.69) is 9.72 Å². The smallest absolute Gasteiger partial charge is 0.337 e. The Morgan fingerprint density at radius 3 is 2.67 bits per heavy atom. The summed E-state index contributed by atoms with van der Waals surface area (Å²) in [4.78, 5) is 15.8. The molecule has 4 nitrogen and oxygen atoms in total. The molecule has 1 aromatic heterocycles. The highest BCUT2D eigenvalue weighted by Gasteiger charge is 2.11. The molecular formula is C14H13NO3. The van der Waals surface area contributed by atoms with Crippen molar-refractivity contribution in [3.05, 3.63) is 47.7 Å². The van der Waals surface area contributed by atoms with Gasteiger partial charge in [0.15, 0.2) is 0 Å². The van der Waals surface area contributed by atoms with Crippen LogP contribution in [-0.4, -0.2) is 23.2 Å². The van der Waals surface area contributed by atoms with Gasteiger partial charge in [0.05, 0.1) is 18.4 Å². The van der Waals surface area contributed by atoms with E-state index < -0.39 is 5.97 Å². The molecule has 18 heavy (non-hydrogen) atoms. The Labute approximate surface area is 105 Å². The molecule has 0 unspecified atom stereocenters. The van der Waals surface area contributed by atoms with E-state index in [9.17, 15) is 9.90 Å². The molecule has 1 aromatic carbocycles. The molecule has 1 heterocycles. The summed E-state index contributed by atoms with van der Waals surface area (Å²) in [6.07, 6.45) is 0. The van der Waals surface area contributed by atoms with E-state index in [1.807, 2.05) is 0 Å². The first-order valence-corrected chi connectivity index (χ1v) is 5.47. The molecule has 0 radical (unpaired) electrons. The number of nitrogens with zero attached hydrogens (tertiary/aromatic N) is 1. The number of aromatic nitrogens is 1. The average Bonchev–Trinajstić information content (AvgIpc) is 2.37. The quantitative estimate of drug-likeness (QED) is 0.823. The van der Waals surface area contributed by atoms with Gasteiger partial charge in [0.1, 0.15) is 5.75 Å². The van der Waals surface area contributed by atoms with Crippen LogP contribution in [0.5, 0.6) is 5.75 Å². The minimum atomic E-state index is -0.419. The fourth-order valence-corrected chi connectivity index (χ4v) is 1.73. The van der Waals surface area contributed by atoms with Crippen molar-refractivity contribution in [3.63, 3.8) is 0 Å². The van der Waals surface area contributed by atoms with Crippen LogP contribution in [0.2, 0.25) is 0 Å². The Morgan fingerprint density at radius 2 is 2.00 bits per heavy atom. The minimum absolute atomic E-state index is 0.131. The highest BCUT2D eigenvalue weighted by molar-refractivity contribution is 5.90. The summed E-state index contributed by atoms with van der Waals surface area (Å²) in [6.45, 7) is 1.79. The number of methoxy groups -OCH3 is 1. The van der Waals surface area contributed by atoms with E-state index in [1.165, 1.54) is 7.11 Å². The van der Waals surface area contributed by atoms with Gasteiger partial charge in [0.2, 0.25) is 0 Å². The van der Waals surface area contributed by atoms with E-state index in [0.717, 1.165) is 0 Å². The Balaban J connectivity index is 2.55. The van der Waals surface area contributed by atoms with Crippen LogP contribution in [0.25, 0.3) is 11.3 Å². The van der Waals surface area contributed by atoms with Crippen molar-refractivity contribution in [2.75, 3.05) is 7.11 Å². The zero-order valence-electron chi connectivity index (χ0n) is 10.2. The lowest BCUT2D eigenvalue weighted by Crippen LogP contribution is -2.03. The van der Waals surface area contributed by atoms with Crippen molar-refractivity contribution < 1.29 is 14.6 Å². The third kappa shape index (κ3) is 2.32. The van der Waals surface area contributed by atoms with Crippen molar-refractivity contribution in [2.24, 2.45) is 0 Å². The number of benzene rings is 1. The first kappa shape index (κ1) is 12.1. The second kappa shape index (κ2) is 4.87. The van der Waals surface area contributed by atoms with Gasteiger partial charge in [-0.2, -0.15) is 0 Å². The highest BCUT2D eigenvalue weighted by Crippen LogP contribution is 2.28. The molecule has 0 fully saturated rings. The summed E-state index contributed by atoms with van der Waals surface area (Å²) >= 11 is 0. The summed E-state index contributed by atoms with van der Waals surface area (Å²) < 4.78 is 4.68. The molecule has 0 aliphatic heterocycles. The number of phenolic OH excluding ortho intramolecular Hbond substituents is 1. The van der Waals surface area contributed by atoms with Gasteiger partial charge in [-0.05, 0) is 31.2 Å². The van der Waals surface area contributed by atoms with Gasteiger partial charge < -0.3 is 9.84 Å². The lowest BCUT2D eigenvalue weighted by molar-refractivity contribution is 0.0600. The Hall–Kier alpha value is -2.36. The number of carbonyl (C=O) groups is 1. The number of carbonyl (C=O) groups excluding carboxylic acids is 1. The van der Waals surface area contributed by atoms with Crippen molar-refractivity contribution in [2.45, 2.75) is 6.92 Å². The second-order valence-corrected chi connectivity index (χ2v) is 3.89. The third-order valence-corrected chi connectivity index (χ3v) is 2.55. The number of aromatic hydroxyl groups is 1. The molecule has 1 N–H and O–H groups in total. The van der Waals surface area contributed by atoms with Crippen LogP contribution in [-0.2, 0) is 4.74 Å². The Morgan fingerprint density at radius 1 is 1.28 bits per heavy atom. The minimum Gasteiger partial charge on any atom is -0.507 e. The van der Waals surface area contributed by atoms with E-state index in [0.29, 0.717) is 22.5 Å². The van der Waals surface area contributed by atoms with Crippen LogP contribution in [0, 0.1) is 6.92 Å². The van der Waals surface area contributed by atoms with Crippen LogP contribution in [0.15, 0.2) is 36.4 Å². The molecule has 0 aliphatic rings. The Kier molecular flexibility index (Phi) is 3.28. The molecule has 0 atom stereocenters. The number of aryl methyl sites for hydroxylation is 1. The fourth-order valence-electron chi connectivity index (χ4n) is 1.73. The van der Waals surface area contributed by atoms with Crippen molar-refractivity contribution >= 4 is 5.97 Å². The number of ether oxygens (including phenoxy) is 1. The summed E-state index contributed by atoms with van der Waals surface area (Å²) in [6, 6.07) is 10.1.